The molecule has 2 heteroatoms. The zero-order valence-electron chi connectivity index (χ0n) is 11.9. The number of ketones is 2. The zero-order valence-corrected chi connectivity index (χ0v) is 11.9. The monoisotopic (exact) mass is 252 g/mol. The predicted molar refractivity (Wildman–Crippen MR) is 74.6 cm³/mol. The van der Waals surface area contributed by atoms with Crippen molar-refractivity contribution in [1.29, 1.82) is 0 Å². The maximum absolute atomic E-state index is 12.1. The lowest BCUT2D eigenvalue weighted by atomic mass is 9.88. The quantitative estimate of drug-likeness (QED) is 0.743. The number of carbonyl (C=O) groups is 2. The van der Waals surface area contributed by atoms with Crippen LogP contribution >= 0.6 is 0 Å². The third kappa shape index (κ3) is 6.93. The van der Waals surface area contributed by atoms with Gasteiger partial charge in [0.2, 0.25) is 0 Å². The summed E-state index contributed by atoms with van der Waals surface area (Å²) in [5, 5.41) is 0. The van der Waals surface area contributed by atoms with Crippen molar-refractivity contribution in [3.63, 3.8) is 0 Å². The van der Waals surface area contributed by atoms with Crippen LogP contribution in [0.15, 0.2) is 0 Å². The highest BCUT2D eigenvalue weighted by atomic mass is 16.1. The normalized spacial score (nSPS) is 24.1. The molecule has 0 aliphatic heterocycles. The highest BCUT2D eigenvalue weighted by Crippen LogP contribution is 2.22. The lowest BCUT2D eigenvalue weighted by molar-refractivity contribution is -0.124. The van der Waals surface area contributed by atoms with Gasteiger partial charge in [0.15, 0.2) is 0 Å². The van der Waals surface area contributed by atoms with E-state index in [1.54, 1.807) is 6.92 Å². The SMILES string of the molecule is CC(=O)CCC1CCCCCCCCCCC1=O. The first-order valence-electron chi connectivity index (χ1n) is 7.72. The van der Waals surface area contributed by atoms with Crippen LogP contribution in [0.1, 0.15) is 84.0 Å². The van der Waals surface area contributed by atoms with Gasteiger partial charge in [-0.2, -0.15) is 0 Å². The molecule has 0 spiro atoms. The molecule has 1 fully saturated rings. The average molecular weight is 252 g/mol. The second kappa shape index (κ2) is 9.29. The Morgan fingerprint density at radius 2 is 1.56 bits per heavy atom. The van der Waals surface area contributed by atoms with Crippen molar-refractivity contribution in [2.75, 3.05) is 0 Å². The number of Topliss-reactive ketones (excluding diaryl/α,β-unsaturated/α-hetero) is 2. The van der Waals surface area contributed by atoms with Gasteiger partial charge in [0, 0.05) is 18.8 Å². The van der Waals surface area contributed by atoms with Gasteiger partial charge in [-0.15, -0.1) is 0 Å². The second-order valence-electron chi connectivity index (χ2n) is 5.77. The molecule has 0 N–H and O–H groups in total. The number of carbonyl (C=O) groups excluding carboxylic acids is 2. The molecule has 18 heavy (non-hydrogen) atoms. The lowest BCUT2D eigenvalue weighted by Crippen LogP contribution is -2.16. The van der Waals surface area contributed by atoms with Crippen molar-refractivity contribution in [2.24, 2.45) is 5.92 Å². The Labute approximate surface area is 112 Å². The summed E-state index contributed by atoms with van der Waals surface area (Å²) in [6, 6.07) is 0. The van der Waals surface area contributed by atoms with E-state index in [-0.39, 0.29) is 11.7 Å². The summed E-state index contributed by atoms with van der Waals surface area (Å²) in [6.07, 6.45) is 13.1. The number of hydrogen-bond donors (Lipinski definition) is 0. The Bertz CT molecular complexity index is 258. The van der Waals surface area contributed by atoms with E-state index >= 15 is 0 Å². The van der Waals surface area contributed by atoms with E-state index in [1.165, 1.54) is 38.5 Å². The molecule has 1 unspecified atom stereocenters. The fourth-order valence-corrected chi connectivity index (χ4v) is 2.80. The van der Waals surface area contributed by atoms with Crippen LogP contribution in [0.2, 0.25) is 0 Å². The summed E-state index contributed by atoms with van der Waals surface area (Å²) in [4.78, 5) is 23.2. The van der Waals surface area contributed by atoms with Crippen LogP contribution < -0.4 is 0 Å². The minimum atomic E-state index is 0.160. The Morgan fingerprint density at radius 3 is 2.17 bits per heavy atom. The van der Waals surface area contributed by atoms with Gasteiger partial charge >= 0.3 is 0 Å². The Balaban J connectivity index is 2.41. The molecule has 0 aromatic rings. The summed E-state index contributed by atoms with van der Waals surface area (Å²) in [6.45, 7) is 1.62. The fourth-order valence-electron chi connectivity index (χ4n) is 2.80. The molecule has 1 rings (SSSR count). The zero-order chi connectivity index (χ0) is 13.2. The van der Waals surface area contributed by atoms with Crippen LogP contribution in [0.25, 0.3) is 0 Å². The Hall–Kier alpha value is -0.660. The first-order valence-corrected chi connectivity index (χ1v) is 7.72. The summed E-state index contributed by atoms with van der Waals surface area (Å²) in [7, 11) is 0. The molecule has 0 aromatic carbocycles. The highest BCUT2D eigenvalue weighted by molar-refractivity contribution is 5.82. The van der Waals surface area contributed by atoms with Gasteiger partial charge in [0.1, 0.15) is 11.6 Å². The van der Waals surface area contributed by atoms with E-state index in [0.29, 0.717) is 12.2 Å². The van der Waals surface area contributed by atoms with Crippen LogP contribution in [0, 0.1) is 5.92 Å². The molecule has 0 heterocycles. The molecule has 0 saturated heterocycles. The summed E-state index contributed by atoms with van der Waals surface area (Å²) in [5.74, 6) is 0.791. The molecule has 104 valence electrons. The first kappa shape index (κ1) is 15.4. The van der Waals surface area contributed by atoms with Crippen molar-refractivity contribution >= 4 is 11.6 Å². The minimum absolute atomic E-state index is 0.160. The highest BCUT2D eigenvalue weighted by Gasteiger charge is 2.18. The van der Waals surface area contributed by atoms with Gasteiger partial charge in [0.05, 0.1) is 0 Å². The van der Waals surface area contributed by atoms with Crippen LogP contribution in [-0.4, -0.2) is 11.6 Å². The third-order valence-electron chi connectivity index (χ3n) is 4.03. The van der Waals surface area contributed by atoms with Gasteiger partial charge in [-0.1, -0.05) is 44.9 Å². The standard InChI is InChI=1S/C16H28O2/c1-14(17)12-13-15-10-8-6-4-2-3-5-7-9-11-16(15)18/h15H,2-13H2,1H3. The molecule has 0 radical (unpaired) electrons. The van der Waals surface area contributed by atoms with Gasteiger partial charge < -0.3 is 4.79 Å². The van der Waals surface area contributed by atoms with Crippen LogP contribution in [0.3, 0.4) is 0 Å². The Kier molecular flexibility index (Phi) is 7.95. The summed E-state index contributed by atoms with van der Waals surface area (Å²) in [5.41, 5.74) is 0. The second-order valence-corrected chi connectivity index (χ2v) is 5.77. The van der Waals surface area contributed by atoms with Crippen molar-refractivity contribution in [3.05, 3.63) is 0 Å². The largest absolute Gasteiger partial charge is 0.300 e. The summed E-state index contributed by atoms with van der Waals surface area (Å²) >= 11 is 0. The number of rotatable bonds is 3. The smallest absolute Gasteiger partial charge is 0.135 e. The maximum atomic E-state index is 12.1. The number of hydrogen-bond acceptors (Lipinski definition) is 2. The van der Waals surface area contributed by atoms with E-state index < -0.39 is 0 Å². The van der Waals surface area contributed by atoms with Crippen molar-refractivity contribution in [2.45, 2.75) is 84.0 Å². The molecule has 1 saturated carbocycles. The van der Waals surface area contributed by atoms with E-state index in [9.17, 15) is 9.59 Å². The topological polar surface area (TPSA) is 34.1 Å². The molecule has 0 aromatic heterocycles. The molecule has 0 amide bonds. The molecule has 1 aliphatic carbocycles. The van der Waals surface area contributed by atoms with Crippen LogP contribution in [0.4, 0.5) is 0 Å². The van der Waals surface area contributed by atoms with Gasteiger partial charge in [-0.05, 0) is 26.2 Å². The molecular formula is C16H28O2. The van der Waals surface area contributed by atoms with Gasteiger partial charge in [-0.3, -0.25) is 4.79 Å². The minimum Gasteiger partial charge on any atom is -0.300 e. The molecule has 1 aliphatic rings. The van der Waals surface area contributed by atoms with Gasteiger partial charge in [0.25, 0.3) is 0 Å². The van der Waals surface area contributed by atoms with Crippen molar-refractivity contribution < 1.29 is 9.59 Å². The lowest BCUT2D eigenvalue weighted by Gasteiger charge is -2.16. The van der Waals surface area contributed by atoms with E-state index in [1.807, 2.05) is 0 Å². The third-order valence-corrected chi connectivity index (χ3v) is 4.03. The van der Waals surface area contributed by atoms with E-state index in [0.717, 1.165) is 32.1 Å². The molecule has 1 atom stereocenters. The van der Waals surface area contributed by atoms with Crippen LogP contribution in [0.5, 0.6) is 0 Å². The van der Waals surface area contributed by atoms with Gasteiger partial charge in [-0.25, -0.2) is 0 Å². The Morgan fingerprint density at radius 1 is 1.00 bits per heavy atom. The predicted octanol–water partition coefficient (Wildman–Crippen LogP) is 4.46. The summed E-state index contributed by atoms with van der Waals surface area (Å²) < 4.78 is 0. The molecule has 0 bridgehead atoms. The first-order chi connectivity index (χ1) is 8.70. The molecular weight excluding hydrogens is 224 g/mol. The van der Waals surface area contributed by atoms with Crippen molar-refractivity contribution in [3.8, 4) is 0 Å². The average Bonchev–Trinajstić information content (AvgIpc) is 2.32. The van der Waals surface area contributed by atoms with Crippen molar-refractivity contribution in [1.82, 2.24) is 0 Å². The van der Waals surface area contributed by atoms with E-state index in [2.05, 4.69) is 0 Å². The van der Waals surface area contributed by atoms with Crippen LogP contribution in [-0.2, 0) is 9.59 Å². The van der Waals surface area contributed by atoms with E-state index in [4.69, 9.17) is 0 Å². The molecule has 2 nitrogen and oxygen atoms in total. The fraction of sp³-hybridized carbons (Fsp3) is 0.875. The maximum Gasteiger partial charge on any atom is 0.135 e.